The molecule has 2 aliphatic carbocycles. The molecule has 0 aliphatic heterocycles. The average Bonchev–Trinajstić information content (AvgIpc) is 3.06. The van der Waals surface area contributed by atoms with Crippen LogP contribution in [0.3, 0.4) is 0 Å². The summed E-state index contributed by atoms with van der Waals surface area (Å²) in [5.41, 5.74) is -1.70. The van der Waals surface area contributed by atoms with E-state index in [2.05, 4.69) is 6.58 Å². The summed E-state index contributed by atoms with van der Waals surface area (Å²) < 4.78 is 36.9. The fourth-order valence-corrected chi connectivity index (χ4v) is 4.28. The lowest BCUT2D eigenvalue weighted by molar-refractivity contribution is -0.175. The molecule has 25 heavy (non-hydrogen) atoms. The predicted molar refractivity (Wildman–Crippen MR) is 82.3 cm³/mol. The lowest BCUT2D eigenvalue weighted by Gasteiger charge is -2.40. The first kappa shape index (κ1) is 20.0. The van der Waals surface area contributed by atoms with E-state index in [1.807, 2.05) is 0 Å². The van der Waals surface area contributed by atoms with Crippen LogP contribution in [-0.2, 0) is 34.6 Å². The zero-order valence-electron chi connectivity index (χ0n) is 13.8. The van der Waals surface area contributed by atoms with Crippen LogP contribution in [0.25, 0.3) is 0 Å². The van der Waals surface area contributed by atoms with E-state index in [0.717, 1.165) is 0 Å². The van der Waals surface area contributed by atoms with Crippen LogP contribution in [-0.4, -0.2) is 62.9 Å². The van der Waals surface area contributed by atoms with E-state index in [4.69, 9.17) is 13.7 Å². The normalized spacial score (nSPS) is 34.6. The Morgan fingerprint density at radius 1 is 1.24 bits per heavy atom. The van der Waals surface area contributed by atoms with Crippen molar-refractivity contribution in [1.29, 1.82) is 0 Å². The summed E-state index contributed by atoms with van der Waals surface area (Å²) in [5.74, 6) is -1.67. The van der Waals surface area contributed by atoms with Gasteiger partial charge in [0.1, 0.15) is 12.2 Å². The number of fused-ring (bicyclic) bond motifs is 2. The minimum absolute atomic E-state index is 0.113. The number of rotatable bonds is 8. The molecule has 2 bridgehead atoms. The van der Waals surface area contributed by atoms with Crippen molar-refractivity contribution in [2.24, 2.45) is 10.8 Å². The lowest BCUT2D eigenvalue weighted by atomic mass is 9.78. The zero-order chi connectivity index (χ0) is 18.8. The van der Waals surface area contributed by atoms with Crippen molar-refractivity contribution in [3.8, 4) is 0 Å². The van der Waals surface area contributed by atoms with Crippen LogP contribution in [0.4, 0.5) is 0 Å². The molecule has 2 saturated carbocycles. The molecule has 2 aliphatic rings. The Balaban J connectivity index is 2.15. The van der Waals surface area contributed by atoms with Gasteiger partial charge in [0.15, 0.2) is 6.61 Å². The zero-order valence-corrected chi connectivity index (χ0v) is 14.6. The lowest BCUT2D eigenvalue weighted by Crippen LogP contribution is -2.50. The number of ether oxygens (including phenoxy) is 2. The number of esters is 2. The van der Waals surface area contributed by atoms with E-state index < -0.39 is 52.9 Å². The van der Waals surface area contributed by atoms with E-state index in [0.29, 0.717) is 12.8 Å². The Hall–Kier alpha value is -1.33. The maximum absolute atomic E-state index is 12.0. The first-order chi connectivity index (χ1) is 11.7. The molecule has 0 heterocycles. The summed E-state index contributed by atoms with van der Waals surface area (Å²) in [7, 11) is 0. The molecule has 0 amide bonds. The van der Waals surface area contributed by atoms with Crippen LogP contribution >= 0.6 is 0 Å². The van der Waals surface area contributed by atoms with E-state index in [1.54, 1.807) is 0 Å². The Bertz CT molecular complexity index is 592. The van der Waals surface area contributed by atoms with Crippen molar-refractivity contribution >= 4 is 23.3 Å². The van der Waals surface area contributed by atoms with Crippen LogP contribution in [0.5, 0.6) is 0 Å². The molecule has 0 spiro atoms. The first-order valence-corrected chi connectivity index (χ1v) is 8.70. The van der Waals surface area contributed by atoms with Gasteiger partial charge in [-0.3, -0.25) is 4.18 Å². The van der Waals surface area contributed by atoms with Crippen molar-refractivity contribution in [1.82, 2.24) is 0 Å². The van der Waals surface area contributed by atoms with Crippen LogP contribution in [0, 0.1) is 10.8 Å². The van der Waals surface area contributed by atoms with Gasteiger partial charge < -0.3 is 24.2 Å². The fourth-order valence-electron chi connectivity index (χ4n) is 3.80. The van der Waals surface area contributed by atoms with Crippen LogP contribution < -0.4 is 0 Å². The molecule has 0 aromatic carbocycles. The molecule has 2 fully saturated rings. The van der Waals surface area contributed by atoms with Gasteiger partial charge in [-0.2, -0.15) is 0 Å². The SMILES string of the molecule is C=C(C)C(=O)OCC(=O)OC1C(OS(=O)[O-])C2(CO)CCC1(CO)C2. The third-order valence-corrected chi connectivity index (χ3v) is 5.41. The van der Waals surface area contributed by atoms with Crippen molar-refractivity contribution in [2.45, 2.75) is 38.4 Å². The van der Waals surface area contributed by atoms with Crippen LogP contribution in [0.2, 0.25) is 0 Å². The van der Waals surface area contributed by atoms with Crippen LogP contribution in [0.15, 0.2) is 12.2 Å². The first-order valence-electron chi connectivity index (χ1n) is 7.70. The molecule has 0 aromatic rings. The summed E-state index contributed by atoms with van der Waals surface area (Å²) in [5, 5.41) is 19.5. The quantitative estimate of drug-likeness (QED) is 0.320. The number of aliphatic hydroxyl groups is 2. The number of carbonyl (C=O) groups is 2. The highest BCUT2D eigenvalue weighted by molar-refractivity contribution is 7.74. The molecule has 5 unspecified atom stereocenters. The van der Waals surface area contributed by atoms with Gasteiger partial charge in [0.2, 0.25) is 0 Å². The largest absolute Gasteiger partial charge is 0.750 e. The maximum Gasteiger partial charge on any atom is 0.344 e. The molecule has 10 heteroatoms. The average molecular weight is 377 g/mol. The van der Waals surface area contributed by atoms with Gasteiger partial charge in [0, 0.05) is 16.4 Å². The van der Waals surface area contributed by atoms with E-state index in [9.17, 15) is 28.6 Å². The molecule has 9 nitrogen and oxygen atoms in total. The van der Waals surface area contributed by atoms with Gasteiger partial charge in [-0.25, -0.2) is 13.8 Å². The Kier molecular flexibility index (Phi) is 6.00. The monoisotopic (exact) mass is 377 g/mol. The summed E-state index contributed by atoms with van der Waals surface area (Å²) >= 11 is -2.89. The second-order valence-electron chi connectivity index (χ2n) is 6.71. The van der Waals surface area contributed by atoms with Gasteiger partial charge in [0.25, 0.3) is 0 Å². The highest BCUT2D eigenvalue weighted by Gasteiger charge is 2.68. The molecule has 5 atom stereocenters. The van der Waals surface area contributed by atoms with Crippen molar-refractivity contribution in [3.05, 3.63) is 12.2 Å². The summed E-state index contributed by atoms with van der Waals surface area (Å²) in [4.78, 5) is 23.3. The number of carbonyl (C=O) groups excluding carboxylic acids is 2. The highest BCUT2D eigenvalue weighted by atomic mass is 32.2. The van der Waals surface area contributed by atoms with Gasteiger partial charge in [-0.1, -0.05) is 6.58 Å². The summed E-state index contributed by atoms with van der Waals surface area (Å²) in [6.45, 7) is 3.40. The summed E-state index contributed by atoms with van der Waals surface area (Å²) in [6, 6.07) is 0. The minimum Gasteiger partial charge on any atom is -0.750 e. The number of hydrogen-bond donors (Lipinski definition) is 2. The Morgan fingerprint density at radius 3 is 2.28 bits per heavy atom. The van der Waals surface area contributed by atoms with Crippen molar-refractivity contribution in [2.75, 3.05) is 19.8 Å². The maximum atomic E-state index is 12.0. The summed E-state index contributed by atoms with van der Waals surface area (Å²) in [6.07, 6.45) is -1.05. The standard InChI is InChI=1S/C15H22O9S/c1-9(2)13(19)22-5-10(18)23-11-12(24-25(20)21)15(8-17)4-3-14(11,6-15)7-16/h11-12,16-17H,1,3-8H2,2H3,(H,20,21)/p-1. The predicted octanol–water partition coefficient (Wildman–Crippen LogP) is -0.648. The molecule has 0 aromatic heterocycles. The molecule has 0 saturated heterocycles. The second-order valence-corrected chi connectivity index (χ2v) is 7.31. The number of hydrogen-bond acceptors (Lipinski definition) is 9. The van der Waals surface area contributed by atoms with Gasteiger partial charge in [-0.15, -0.1) is 0 Å². The Labute approximate surface area is 147 Å². The molecular formula is C15H21O9S-. The second kappa shape index (κ2) is 7.50. The smallest absolute Gasteiger partial charge is 0.344 e. The van der Waals surface area contributed by atoms with Gasteiger partial charge in [0.05, 0.1) is 24.6 Å². The topological polar surface area (TPSA) is 142 Å². The van der Waals surface area contributed by atoms with Gasteiger partial charge >= 0.3 is 11.9 Å². The third kappa shape index (κ3) is 3.77. The van der Waals surface area contributed by atoms with Crippen molar-refractivity contribution in [3.63, 3.8) is 0 Å². The molecule has 0 radical (unpaired) electrons. The minimum atomic E-state index is -2.89. The fraction of sp³-hybridized carbons (Fsp3) is 0.733. The molecular weight excluding hydrogens is 356 g/mol. The number of aliphatic hydroxyl groups excluding tert-OH is 2. The van der Waals surface area contributed by atoms with E-state index in [1.165, 1.54) is 6.92 Å². The highest BCUT2D eigenvalue weighted by Crippen LogP contribution is 2.63. The van der Waals surface area contributed by atoms with Crippen molar-refractivity contribution < 1.29 is 42.2 Å². The molecule has 2 N–H and O–H groups in total. The van der Waals surface area contributed by atoms with E-state index >= 15 is 0 Å². The third-order valence-electron chi connectivity index (χ3n) is 5.05. The van der Waals surface area contributed by atoms with E-state index in [-0.39, 0.29) is 25.2 Å². The Morgan fingerprint density at radius 2 is 1.80 bits per heavy atom. The molecule has 142 valence electrons. The molecule has 2 rings (SSSR count). The van der Waals surface area contributed by atoms with Crippen LogP contribution in [0.1, 0.15) is 26.2 Å². The van der Waals surface area contributed by atoms with Gasteiger partial charge in [-0.05, 0) is 26.2 Å².